The topological polar surface area (TPSA) is 86.8 Å². The summed E-state index contributed by atoms with van der Waals surface area (Å²) in [5.74, 6) is -0.913. The number of aryl methyl sites for hydroxylation is 2. The minimum Gasteiger partial charge on any atom is -0.352 e. The summed E-state index contributed by atoms with van der Waals surface area (Å²) in [5.41, 5.74) is 3.04. The van der Waals surface area contributed by atoms with Crippen LogP contribution in [0.5, 0.6) is 0 Å². The Morgan fingerprint density at radius 3 is 2.12 bits per heavy atom. The molecular weight excluding hydrogens is 701 g/mol. The average Bonchev–Trinajstić information content (AvgIpc) is 3.07. The zero-order valence-corrected chi connectivity index (χ0v) is 30.6. The maximum Gasteiger partial charge on any atom is 0.264 e. The molecular formula is C38H40Cl3N3O4S. The van der Waals surface area contributed by atoms with Gasteiger partial charge in [0.2, 0.25) is 11.8 Å². The highest BCUT2D eigenvalue weighted by atomic mass is 35.5. The van der Waals surface area contributed by atoms with E-state index in [1.165, 1.54) is 17.0 Å². The SMILES string of the molecule is Cc1ccc(S(=O)(=O)N(CC(=O)N(Cc2c(Cl)cccc2Cl)[C@@H](Cc2ccccc2)C(=O)NC2CCCCC2)c2ccc(Cl)cc2C)cc1. The molecule has 258 valence electrons. The molecule has 0 aliphatic heterocycles. The van der Waals surface area contributed by atoms with Crippen molar-refractivity contribution in [1.29, 1.82) is 0 Å². The molecule has 0 bridgehead atoms. The van der Waals surface area contributed by atoms with Gasteiger partial charge >= 0.3 is 0 Å². The van der Waals surface area contributed by atoms with Crippen LogP contribution in [0.4, 0.5) is 5.69 Å². The van der Waals surface area contributed by atoms with Gasteiger partial charge in [-0.25, -0.2) is 8.42 Å². The van der Waals surface area contributed by atoms with Crippen LogP contribution in [-0.2, 0) is 32.6 Å². The number of nitrogens with one attached hydrogen (secondary N) is 1. The van der Waals surface area contributed by atoms with Gasteiger partial charge in [0.05, 0.1) is 10.6 Å². The Balaban J connectivity index is 1.61. The van der Waals surface area contributed by atoms with Gasteiger partial charge in [0.1, 0.15) is 12.6 Å². The van der Waals surface area contributed by atoms with E-state index >= 15 is 0 Å². The van der Waals surface area contributed by atoms with E-state index in [0.717, 1.165) is 47.5 Å². The molecule has 0 aromatic heterocycles. The lowest BCUT2D eigenvalue weighted by molar-refractivity contribution is -0.140. The van der Waals surface area contributed by atoms with E-state index in [1.807, 2.05) is 37.3 Å². The average molecular weight is 741 g/mol. The van der Waals surface area contributed by atoms with E-state index in [1.54, 1.807) is 55.5 Å². The number of hydrogen-bond donors (Lipinski definition) is 1. The number of carbonyl (C=O) groups excluding carboxylic acids is 2. The van der Waals surface area contributed by atoms with Crippen LogP contribution in [-0.4, -0.2) is 43.8 Å². The maximum absolute atomic E-state index is 14.8. The molecule has 7 nitrogen and oxygen atoms in total. The largest absolute Gasteiger partial charge is 0.352 e. The van der Waals surface area contributed by atoms with Crippen molar-refractivity contribution in [2.45, 2.75) is 75.9 Å². The number of rotatable bonds is 12. The van der Waals surface area contributed by atoms with Gasteiger partial charge in [-0.3, -0.25) is 13.9 Å². The summed E-state index contributed by atoms with van der Waals surface area (Å²) in [5, 5.41) is 4.29. The molecule has 0 spiro atoms. The first-order chi connectivity index (χ1) is 23.4. The number of hydrogen-bond acceptors (Lipinski definition) is 4. The number of carbonyl (C=O) groups is 2. The summed E-state index contributed by atoms with van der Waals surface area (Å²) >= 11 is 19.5. The van der Waals surface area contributed by atoms with Gasteiger partial charge in [0.15, 0.2) is 0 Å². The standard InChI is InChI=1S/C38H40Cl3N3O4S/c1-26-16-19-31(20-17-26)49(47,48)44(35-21-18-29(39)22-27(35)2)25-37(45)43(24-32-33(40)14-9-15-34(32)41)36(23-28-10-5-3-6-11-28)38(46)42-30-12-7-4-8-13-30/h3,5-6,9-11,14-22,30,36H,4,7-8,12-13,23-25H2,1-2H3,(H,42,46)/t36-/m0/s1. The Kier molecular flexibility index (Phi) is 12.3. The molecule has 0 radical (unpaired) electrons. The van der Waals surface area contributed by atoms with Crippen molar-refractivity contribution in [2.24, 2.45) is 0 Å². The van der Waals surface area contributed by atoms with Gasteiger partial charge < -0.3 is 10.2 Å². The van der Waals surface area contributed by atoms with Crippen LogP contribution in [0, 0.1) is 13.8 Å². The van der Waals surface area contributed by atoms with E-state index in [2.05, 4.69) is 5.32 Å². The maximum atomic E-state index is 14.8. The third kappa shape index (κ3) is 9.17. The number of halogens is 3. The fourth-order valence-corrected chi connectivity index (χ4v) is 8.42. The Morgan fingerprint density at radius 2 is 1.49 bits per heavy atom. The highest BCUT2D eigenvalue weighted by Gasteiger charge is 2.36. The summed E-state index contributed by atoms with van der Waals surface area (Å²) in [6.45, 7) is 2.89. The molecule has 0 saturated heterocycles. The second kappa shape index (κ2) is 16.4. The highest BCUT2D eigenvalue weighted by molar-refractivity contribution is 7.92. The zero-order chi connectivity index (χ0) is 35.1. The minimum absolute atomic E-state index is 0.0180. The van der Waals surface area contributed by atoms with E-state index in [9.17, 15) is 18.0 Å². The first kappa shape index (κ1) is 36.7. The summed E-state index contributed by atoms with van der Waals surface area (Å²) in [4.78, 5) is 30.6. The first-order valence-corrected chi connectivity index (χ1v) is 18.9. The zero-order valence-electron chi connectivity index (χ0n) is 27.5. The van der Waals surface area contributed by atoms with Crippen LogP contribution in [0.3, 0.4) is 0 Å². The smallest absolute Gasteiger partial charge is 0.264 e. The second-order valence-corrected chi connectivity index (χ2v) is 15.6. The van der Waals surface area contributed by atoms with Crippen molar-refractivity contribution in [2.75, 3.05) is 10.8 Å². The van der Waals surface area contributed by atoms with Crippen molar-refractivity contribution in [1.82, 2.24) is 10.2 Å². The van der Waals surface area contributed by atoms with Crippen LogP contribution < -0.4 is 9.62 Å². The van der Waals surface area contributed by atoms with Crippen molar-refractivity contribution < 1.29 is 18.0 Å². The quantitative estimate of drug-likeness (QED) is 0.158. The first-order valence-electron chi connectivity index (χ1n) is 16.4. The fourth-order valence-electron chi connectivity index (χ4n) is 6.20. The molecule has 5 rings (SSSR count). The fraction of sp³-hybridized carbons (Fsp3) is 0.316. The van der Waals surface area contributed by atoms with Gasteiger partial charge in [-0.1, -0.05) is 108 Å². The van der Waals surface area contributed by atoms with Gasteiger partial charge in [-0.2, -0.15) is 0 Å². The lowest BCUT2D eigenvalue weighted by Gasteiger charge is -2.35. The van der Waals surface area contributed by atoms with Gasteiger partial charge in [-0.15, -0.1) is 0 Å². The third-order valence-electron chi connectivity index (χ3n) is 8.93. The molecule has 4 aromatic rings. The predicted molar refractivity (Wildman–Crippen MR) is 198 cm³/mol. The molecule has 0 unspecified atom stereocenters. The van der Waals surface area contributed by atoms with Gasteiger partial charge in [0, 0.05) is 39.6 Å². The Labute approximate surface area is 304 Å². The number of benzene rings is 4. The molecule has 1 atom stereocenters. The Bertz CT molecular complexity index is 1860. The van der Waals surface area contributed by atoms with Crippen LogP contribution in [0.2, 0.25) is 15.1 Å². The molecule has 1 N–H and O–H groups in total. The number of amides is 2. The lowest BCUT2D eigenvalue weighted by atomic mass is 9.94. The number of nitrogens with zero attached hydrogens (tertiary/aromatic N) is 2. The molecule has 4 aromatic carbocycles. The van der Waals surface area contributed by atoms with E-state index in [0.29, 0.717) is 31.9 Å². The van der Waals surface area contributed by atoms with Crippen LogP contribution in [0.25, 0.3) is 0 Å². The monoisotopic (exact) mass is 739 g/mol. The second-order valence-electron chi connectivity index (χ2n) is 12.5. The Hall–Kier alpha value is -3.56. The number of sulfonamides is 1. The molecule has 1 aliphatic rings. The molecule has 1 aliphatic carbocycles. The van der Waals surface area contributed by atoms with Gasteiger partial charge in [-0.05, 0) is 80.3 Å². The molecule has 49 heavy (non-hydrogen) atoms. The molecule has 2 amide bonds. The minimum atomic E-state index is -4.26. The third-order valence-corrected chi connectivity index (χ3v) is 11.6. The van der Waals surface area contributed by atoms with Crippen LogP contribution in [0.1, 0.15) is 54.4 Å². The molecule has 11 heteroatoms. The molecule has 1 saturated carbocycles. The summed E-state index contributed by atoms with van der Waals surface area (Å²) in [7, 11) is -4.26. The lowest BCUT2D eigenvalue weighted by Crippen LogP contribution is -2.55. The van der Waals surface area contributed by atoms with Crippen LogP contribution >= 0.6 is 34.8 Å². The van der Waals surface area contributed by atoms with E-state index in [-0.39, 0.29) is 29.8 Å². The summed E-state index contributed by atoms with van der Waals surface area (Å²) in [6.07, 6.45) is 5.04. The van der Waals surface area contributed by atoms with Crippen molar-refractivity contribution in [3.05, 3.63) is 128 Å². The molecule has 1 fully saturated rings. The van der Waals surface area contributed by atoms with Crippen molar-refractivity contribution >= 4 is 62.3 Å². The van der Waals surface area contributed by atoms with Crippen molar-refractivity contribution in [3.8, 4) is 0 Å². The Morgan fingerprint density at radius 1 is 0.837 bits per heavy atom. The van der Waals surface area contributed by atoms with Crippen LogP contribution in [0.15, 0.2) is 95.9 Å². The van der Waals surface area contributed by atoms with Crippen molar-refractivity contribution in [3.63, 3.8) is 0 Å². The van der Waals surface area contributed by atoms with E-state index < -0.39 is 28.5 Å². The normalized spacial score (nSPS) is 14.2. The van der Waals surface area contributed by atoms with Gasteiger partial charge in [0.25, 0.3) is 10.0 Å². The van der Waals surface area contributed by atoms with E-state index in [4.69, 9.17) is 34.8 Å². The summed E-state index contributed by atoms with van der Waals surface area (Å²) < 4.78 is 29.8. The molecule has 0 heterocycles. The summed E-state index contributed by atoms with van der Waals surface area (Å²) in [6, 6.07) is 24.7. The highest BCUT2D eigenvalue weighted by Crippen LogP contribution is 2.31. The number of anilines is 1. The predicted octanol–water partition coefficient (Wildman–Crippen LogP) is 8.55.